The van der Waals surface area contributed by atoms with Crippen LogP contribution in [0, 0.1) is 0 Å². The number of hydrogen-bond donors (Lipinski definition) is 2. The molecule has 1 rings (SSSR count). The highest BCUT2D eigenvalue weighted by Crippen LogP contribution is 2.12. The highest BCUT2D eigenvalue weighted by molar-refractivity contribution is 5.70. The van der Waals surface area contributed by atoms with Gasteiger partial charge in [-0.05, 0) is 0 Å². The number of aliphatic carboxylic acids is 1. The molecule has 0 aromatic heterocycles. The van der Waals surface area contributed by atoms with Gasteiger partial charge in [-0.3, -0.25) is 0 Å². The molecule has 0 saturated heterocycles. The highest BCUT2D eigenvalue weighted by Gasteiger charge is 2.36. The zero-order valence-corrected chi connectivity index (χ0v) is 6.97. The average Bonchev–Trinajstić information content (AvgIpc) is 2.35. The first-order chi connectivity index (χ1) is 5.57. The maximum atomic E-state index is 10.5. The molecule has 5 heteroatoms. The second-order valence-electron chi connectivity index (χ2n) is 3.03. The molecule has 0 aromatic rings. The van der Waals surface area contributed by atoms with E-state index in [4.69, 9.17) is 5.11 Å². The van der Waals surface area contributed by atoms with E-state index in [2.05, 4.69) is 4.99 Å². The third kappa shape index (κ3) is 1.62. The van der Waals surface area contributed by atoms with Crippen LogP contribution in [0.25, 0.3) is 0 Å². The molecule has 68 valence electrons. The fourth-order valence-electron chi connectivity index (χ4n) is 1.31. The number of quaternary nitrogens is 1. The van der Waals surface area contributed by atoms with Gasteiger partial charge in [0.1, 0.15) is 6.54 Å². The second-order valence-corrected chi connectivity index (χ2v) is 3.03. The second kappa shape index (κ2) is 3.20. The maximum absolute atomic E-state index is 10.5. The largest absolute Gasteiger partial charge is 0.477 e. The van der Waals surface area contributed by atoms with Gasteiger partial charge in [-0.1, -0.05) is 0 Å². The fourth-order valence-corrected chi connectivity index (χ4v) is 1.31. The first kappa shape index (κ1) is 9.15. The molecule has 1 heterocycles. The number of aliphatic imine (C=N–C) groups is 1. The Bertz CT molecular complexity index is 215. The topological polar surface area (TPSA) is 69.9 Å². The predicted molar refractivity (Wildman–Crippen MR) is 42.7 cm³/mol. The van der Waals surface area contributed by atoms with Crippen molar-refractivity contribution >= 4 is 12.3 Å². The average molecular weight is 173 g/mol. The molecule has 2 atom stereocenters. The lowest BCUT2D eigenvalue weighted by Crippen LogP contribution is -2.54. The monoisotopic (exact) mass is 173 g/mol. The van der Waals surface area contributed by atoms with Crippen molar-refractivity contribution in [2.45, 2.75) is 13.2 Å². The Hall–Kier alpha value is -0.940. The molecule has 0 radical (unpaired) electrons. The molecular formula is C7H13N2O3+. The van der Waals surface area contributed by atoms with Crippen LogP contribution >= 0.6 is 0 Å². The highest BCUT2D eigenvalue weighted by atomic mass is 16.4. The van der Waals surface area contributed by atoms with Crippen LogP contribution in [0.1, 0.15) is 6.92 Å². The van der Waals surface area contributed by atoms with E-state index < -0.39 is 12.2 Å². The first-order valence-electron chi connectivity index (χ1n) is 3.84. The zero-order chi connectivity index (χ0) is 9.19. The minimum atomic E-state index is -0.913. The minimum absolute atomic E-state index is 0.0509. The number of carboxylic acid groups (broad SMARTS) is 1. The van der Waals surface area contributed by atoms with Crippen LogP contribution in [0.3, 0.4) is 0 Å². The van der Waals surface area contributed by atoms with Crippen LogP contribution in [0.5, 0.6) is 0 Å². The number of aliphatic hydroxyl groups is 1. The Morgan fingerprint density at radius 2 is 2.50 bits per heavy atom. The maximum Gasteiger partial charge on any atom is 0.359 e. The van der Waals surface area contributed by atoms with Gasteiger partial charge in [0.25, 0.3) is 0 Å². The van der Waals surface area contributed by atoms with Gasteiger partial charge in [0.15, 0.2) is 19.1 Å². The SMILES string of the molecule is CC(O)[N+]1(CC(=O)O)C=NCC1. The van der Waals surface area contributed by atoms with Crippen LogP contribution in [-0.4, -0.2) is 52.9 Å². The van der Waals surface area contributed by atoms with E-state index in [1.54, 1.807) is 6.92 Å². The van der Waals surface area contributed by atoms with Crippen molar-refractivity contribution in [3.8, 4) is 0 Å². The molecule has 2 N–H and O–H groups in total. The van der Waals surface area contributed by atoms with Gasteiger partial charge < -0.3 is 10.2 Å². The van der Waals surface area contributed by atoms with E-state index in [0.717, 1.165) is 0 Å². The van der Waals surface area contributed by atoms with Gasteiger partial charge in [-0.2, -0.15) is 0 Å². The number of aliphatic hydroxyl groups excluding tert-OH is 1. The summed E-state index contributed by atoms with van der Waals surface area (Å²) in [5.41, 5.74) is 0. The smallest absolute Gasteiger partial charge is 0.359 e. The summed E-state index contributed by atoms with van der Waals surface area (Å²) in [6, 6.07) is 0. The lowest BCUT2D eigenvalue weighted by atomic mass is 10.3. The third-order valence-electron chi connectivity index (χ3n) is 2.13. The zero-order valence-electron chi connectivity index (χ0n) is 6.97. The van der Waals surface area contributed by atoms with E-state index in [-0.39, 0.29) is 11.0 Å². The minimum Gasteiger partial charge on any atom is -0.477 e. The van der Waals surface area contributed by atoms with Gasteiger partial charge in [0.05, 0.1) is 6.54 Å². The standard InChI is InChI=1S/C7H12N2O3/c1-6(10)9(4-7(11)12)3-2-8-5-9/h5-6,10H,2-4H2,1H3/p+1. The van der Waals surface area contributed by atoms with Crippen LogP contribution in [0.15, 0.2) is 4.99 Å². The molecule has 0 aliphatic carbocycles. The molecule has 12 heavy (non-hydrogen) atoms. The molecule has 1 aliphatic rings. The van der Waals surface area contributed by atoms with E-state index in [1.165, 1.54) is 6.34 Å². The normalized spacial score (nSPS) is 30.5. The molecule has 0 bridgehead atoms. The molecule has 0 fully saturated rings. The van der Waals surface area contributed by atoms with Gasteiger partial charge in [-0.25, -0.2) is 14.3 Å². The van der Waals surface area contributed by atoms with Crippen molar-refractivity contribution in [2.75, 3.05) is 19.6 Å². The Kier molecular flexibility index (Phi) is 2.44. The van der Waals surface area contributed by atoms with Crippen LogP contribution in [0.2, 0.25) is 0 Å². The lowest BCUT2D eigenvalue weighted by Gasteiger charge is -2.30. The quantitative estimate of drug-likeness (QED) is 0.553. The van der Waals surface area contributed by atoms with E-state index in [1.807, 2.05) is 0 Å². The van der Waals surface area contributed by atoms with E-state index >= 15 is 0 Å². The molecule has 1 aliphatic heterocycles. The summed E-state index contributed by atoms with van der Waals surface area (Å²) < 4.78 is 0.0509. The Balaban J connectivity index is 2.73. The number of carboxylic acids is 1. The van der Waals surface area contributed by atoms with Gasteiger partial charge in [-0.15, -0.1) is 0 Å². The summed E-state index contributed by atoms with van der Waals surface area (Å²) in [5, 5.41) is 18.0. The van der Waals surface area contributed by atoms with Crippen molar-refractivity contribution in [2.24, 2.45) is 4.99 Å². The molecule has 0 amide bonds. The summed E-state index contributed by atoms with van der Waals surface area (Å²) in [4.78, 5) is 14.4. The predicted octanol–water partition coefficient (Wildman–Crippen LogP) is -0.732. The van der Waals surface area contributed by atoms with Crippen molar-refractivity contribution in [3.05, 3.63) is 0 Å². The molecular weight excluding hydrogens is 160 g/mol. The van der Waals surface area contributed by atoms with Crippen molar-refractivity contribution < 1.29 is 19.5 Å². The number of rotatable bonds is 3. The van der Waals surface area contributed by atoms with Crippen molar-refractivity contribution in [1.82, 2.24) is 0 Å². The number of carbonyl (C=O) groups is 1. The summed E-state index contributed by atoms with van der Waals surface area (Å²) in [6.45, 7) is 2.66. The Morgan fingerprint density at radius 3 is 2.83 bits per heavy atom. The van der Waals surface area contributed by atoms with E-state index in [0.29, 0.717) is 13.1 Å². The number of nitrogens with zero attached hydrogens (tertiary/aromatic N) is 2. The number of hydrogen-bond acceptors (Lipinski definition) is 3. The summed E-state index contributed by atoms with van der Waals surface area (Å²) in [6.07, 6.45) is 0.825. The Labute approximate surface area is 70.5 Å². The summed E-state index contributed by atoms with van der Waals surface area (Å²) >= 11 is 0. The van der Waals surface area contributed by atoms with Crippen LogP contribution in [0.4, 0.5) is 0 Å². The van der Waals surface area contributed by atoms with Gasteiger partial charge in [0, 0.05) is 6.92 Å². The fraction of sp³-hybridized carbons (Fsp3) is 0.714. The third-order valence-corrected chi connectivity index (χ3v) is 2.13. The molecule has 0 spiro atoms. The van der Waals surface area contributed by atoms with Crippen LogP contribution < -0.4 is 0 Å². The first-order valence-corrected chi connectivity index (χ1v) is 3.84. The summed E-state index contributed by atoms with van der Waals surface area (Å²) in [7, 11) is 0. The van der Waals surface area contributed by atoms with Crippen molar-refractivity contribution in [3.63, 3.8) is 0 Å². The molecule has 5 nitrogen and oxygen atoms in total. The van der Waals surface area contributed by atoms with Gasteiger partial charge >= 0.3 is 5.97 Å². The molecule has 2 unspecified atom stereocenters. The molecule has 0 aromatic carbocycles. The van der Waals surface area contributed by atoms with Crippen molar-refractivity contribution in [1.29, 1.82) is 0 Å². The summed E-state index contributed by atoms with van der Waals surface area (Å²) in [5.74, 6) is -0.913. The van der Waals surface area contributed by atoms with Crippen LogP contribution in [-0.2, 0) is 4.79 Å². The lowest BCUT2D eigenvalue weighted by molar-refractivity contribution is -0.870. The van der Waals surface area contributed by atoms with Gasteiger partial charge in [0.2, 0.25) is 0 Å². The Morgan fingerprint density at radius 1 is 1.83 bits per heavy atom. The van der Waals surface area contributed by atoms with E-state index in [9.17, 15) is 9.90 Å². The molecule has 0 saturated carbocycles.